The average molecular weight is 350 g/mol. The van der Waals surface area contributed by atoms with Crippen molar-refractivity contribution in [2.75, 3.05) is 12.8 Å². The van der Waals surface area contributed by atoms with Gasteiger partial charge in [-0.1, -0.05) is 29.8 Å². The first-order chi connectivity index (χ1) is 11.3. The summed E-state index contributed by atoms with van der Waals surface area (Å²) in [4.78, 5) is 12.0. The Hall–Kier alpha value is -2.12. The molecule has 1 N–H and O–H groups in total. The Morgan fingerprint density at radius 2 is 1.92 bits per heavy atom. The highest BCUT2D eigenvalue weighted by Gasteiger charge is 2.19. The predicted octanol–water partition coefficient (Wildman–Crippen LogP) is 2.06. The van der Waals surface area contributed by atoms with Crippen molar-refractivity contribution in [3.8, 4) is 0 Å². The van der Waals surface area contributed by atoms with Crippen molar-refractivity contribution >= 4 is 15.9 Å². The number of hydrogen-bond acceptors (Lipinski definition) is 4. The minimum atomic E-state index is -3.42. The van der Waals surface area contributed by atoms with E-state index in [1.54, 1.807) is 12.1 Å². The fourth-order valence-corrected chi connectivity index (χ4v) is 2.94. The molecule has 2 rings (SSSR count). The van der Waals surface area contributed by atoms with E-state index in [4.69, 9.17) is 4.42 Å². The predicted molar refractivity (Wildman–Crippen MR) is 91.6 cm³/mol. The SMILES string of the molecule is Cc1ccc(CNC(=O)CCN(Cc2ccco2)S(C)(=O)=O)cc1. The molecular formula is C17H22N2O4S. The summed E-state index contributed by atoms with van der Waals surface area (Å²) in [6.07, 6.45) is 2.71. The molecule has 130 valence electrons. The van der Waals surface area contributed by atoms with Crippen LogP contribution in [-0.4, -0.2) is 31.4 Å². The maximum Gasteiger partial charge on any atom is 0.221 e. The van der Waals surface area contributed by atoms with Crippen molar-refractivity contribution < 1.29 is 17.6 Å². The number of hydrogen-bond donors (Lipinski definition) is 1. The van der Waals surface area contributed by atoms with Crippen molar-refractivity contribution in [2.24, 2.45) is 0 Å². The van der Waals surface area contributed by atoms with Gasteiger partial charge >= 0.3 is 0 Å². The van der Waals surface area contributed by atoms with E-state index < -0.39 is 10.0 Å². The number of furan rings is 1. The zero-order valence-corrected chi connectivity index (χ0v) is 14.7. The number of carbonyl (C=O) groups is 1. The molecule has 0 spiro atoms. The molecule has 24 heavy (non-hydrogen) atoms. The first-order valence-electron chi connectivity index (χ1n) is 7.64. The second-order valence-electron chi connectivity index (χ2n) is 5.69. The van der Waals surface area contributed by atoms with E-state index >= 15 is 0 Å². The Morgan fingerprint density at radius 1 is 1.21 bits per heavy atom. The number of nitrogens with one attached hydrogen (secondary N) is 1. The molecule has 1 aromatic heterocycles. The molecule has 0 fully saturated rings. The van der Waals surface area contributed by atoms with Crippen LogP contribution < -0.4 is 5.32 Å². The molecule has 0 saturated carbocycles. The molecule has 0 bridgehead atoms. The van der Waals surface area contributed by atoms with Gasteiger partial charge in [0.2, 0.25) is 15.9 Å². The van der Waals surface area contributed by atoms with Crippen LogP contribution in [0.15, 0.2) is 47.1 Å². The number of amides is 1. The van der Waals surface area contributed by atoms with E-state index in [-0.39, 0.29) is 25.4 Å². The van der Waals surface area contributed by atoms with Crippen LogP contribution in [0.4, 0.5) is 0 Å². The highest BCUT2D eigenvalue weighted by Crippen LogP contribution is 2.10. The van der Waals surface area contributed by atoms with E-state index in [1.165, 1.54) is 10.6 Å². The van der Waals surface area contributed by atoms with E-state index in [2.05, 4.69) is 5.32 Å². The van der Waals surface area contributed by atoms with Crippen LogP contribution in [0.2, 0.25) is 0 Å². The number of aryl methyl sites for hydroxylation is 1. The summed E-state index contributed by atoms with van der Waals surface area (Å²) >= 11 is 0. The first kappa shape index (κ1) is 18.2. The minimum Gasteiger partial charge on any atom is -0.468 e. The maximum atomic E-state index is 12.0. The lowest BCUT2D eigenvalue weighted by atomic mass is 10.1. The van der Waals surface area contributed by atoms with Gasteiger partial charge in [0, 0.05) is 19.5 Å². The summed E-state index contributed by atoms with van der Waals surface area (Å²) in [6, 6.07) is 11.3. The smallest absolute Gasteiger partial charge is 0.221 e. The molecule has 0 unspecified atom stereocenters. The number of sulfonamides is 1. The Labute approximate surface area is 142 Å². The van der Waals surface area contributed by atoms with Gasteiger partial charge in [0.1, 0.15) is 5.76 Å². The highest BCUT2D eigenvalue weighted by molar-refractivity contribution is 7.88. The van der Waals surface area contributed by atoms with Crippen molar-refractivity contribution in [2.45, 2.75) is 26.4 Å². The van der Waals surface area contributed by atoms with Crippen molar-refractivity contribution in [1.82, 2.24) is 9.62 Å². The Balaban J connectivity index is 1.84. The molecule has 0 radical (unpaired) electrons. The Bertz CT molecular complexity index is 752. The van der Waals surface area contributed by atoms with Gasteiger partial charge in [-0.3, -0.25) is 4.79 Å². The van der Waals surface area contributed by atoms with Crippen molar-refractivity contribution in [1.29, 1.82) is 0 Å². The summed E-state index contributed by atoms with van der Waals surface area (Å²) in [5, 5.41) is 2.80. The molecule has 1 heterocycles. The van der Waals surface area contributed by atoms with Crippen molar-refractivity contribution in [3.63, 3.8) is 0 Å². The number of rotatable bonds is 8. The van der Waals surface area contributed by atoms with E-state index in [0.29, 0.717) is 12.3 Å². The molecule has 0 aliphatic heterocycles. The molecule has 1 aromatic carbocycles. The number of carbonyl (C=O) groups excluding carboxylic acids is 1. The zero-order valence-electron chi connectivity index (χ0n) is 13.9. The summed E-state index contributed by atoms with van der Waals surface area (Å²) in [6.45, 7) is 2.66. The Kier molecular flexibility index (Phi) is 6.16. The summed E-state index contributed by atoms with van der Waals surface area (Å²) in [5.74, 6) is 0.351. The van der Waals surface area contributed by atoms with Gasteiger partial charge in [0.05, 0.1) is 19.1 Å². The molecular weight excluding hydrogens is 328 g/mol. The lowest BCUT2D eigenvalue weighted by molar-refractivity contribution is -0.121. The van der Waals surface area contributed by atoms with Gasteiger partial charge < -0.3 is 9.73 Å². The van der Waals surface area contributed by atoms with Crippen LogP contribution in [0.5, 0.6) is 0 Å². The topological polar surface area (TPSA) is 79.6 Å². The van der Waals surface area contributed by atoms with Gasteiger partial charge in [0.15, 0.2) is 0 Å². The molecule has 1 amide bonds. The van der Waals surface area contributed by atoms with E-state index in [9.17, 15) is 13.2 Å². The molecule has 0 atom stereocenters. The molecule has 0 aliphatic rings. The van der Waals surface area contributed by atoms with Crippen LogP contribution in [0.1, 0.15) is 23.3 Å². The monoisotopic (exact) mass is 350 g/mol. The van der Waals surface area contributed by atoms with Crippen molar-refractivity contribution in [3.05, 3.63) is 59.5 Å². The molecule has 7 heteroatoms. The molecule has 0 saturated heterocycles. The summed E-state index contributed by atoms with van der Waals surface area (Å²) in [5.41, 5.74) is 2.16. The highest BCUT2D eigenvalue weighted by atomic mass is 32.2. The zero-order chi connectivity index (χ0) is 17.6. The number of nitrogens with zero attached hydrogens (tertiary/aromatic N) is 1. The van der Waals surface area contributed by atoms with E-state index in [0.717, 1.165) is 17.4 Å². The van der Waals surface area contributed by atoms with Gasteiger partial charge in [-0.2, -0.15) is 4.31 Å². The second-order valence-corrected chi connectivity index (χ2v) is 7.67. The minimum absolute atomic E-state index is 0.0969. The largest absolute Gasteiger partial charge is 0.468 e. The second kappa shape index (κ2) is 8.12. The summed E-state index contributed by atoms with van der Waals surface area (Å²) < 4.78 is 30.1. The van der Waals surface area contributed by atoms with Gasteiger partial charge in [-0.05, 0) is 24.6 Å². The van der Waals surface area contributed by atoms with Gasteiger partial charge in [0.25, 0.3) is 0 Å². The quantitative estimate of drug-likeness (QED) is 0.790. The maximum absolute atomic E-state index is 12.0. The summed E-state index contributed by atoms with van der Waals surface area (Å²) in [7, 11) is -3.42. The van der Waals surface area contributed by atoms with Gasteiger partial charge in [-0.15, -0.1) is 0 Å². The normalized spacial score (nSPS) is 11.6. The van der Waals surface area contributed by atoms with Gasteiger partial charge in [-0.25, -0.2) is 8.42 Å². The van der Waals surface area contributed by atoms with Crippen LogP contribution >= 0.6 is 0 Å². The third-order valence-electron chi connectivity index (χ3n) is 3.58. The third kappa shape index (κ3) is 5.82. The fourth-order valence-electron chi connectivity index (χ4n) is 2.16. The molecule has 6 nitrogen and oxygen atoms in total. The third-order valence-corrected chi connectivity index (χ3v) is 4.83. The molecule has 0 aliphatic carbocycles. The molecule has 2 aromatic rings. The fraction of sp³-hybridized carbons (Fsp3) is 0.353. The van der Waals surface area contributed by atoms with Crippen LogP contribution in [0, 0.1) is 6.92 Å². The van der Waals surface area contributed by atoms with Crippen LogP contribution in [0.25, 0.3) is 0 Å². The lowest BCUT2D eigenvalue weighted by Crippen LogP contribution is -2.34. The van der Waals surface area contributed by atoms with Crippen LogP contribution in [0.3, 0.4) is 0 Å². The first-order valence-corrected chi connectivity index (χ1v) is 9.49. The van der Waals surface area contributed by atoms with Crippen LogP contribution in [-0.2, 0) is 27.9 Å². The van der Waals surface area contributed by atoms with E-state index in [1.807, 2.05) is 31.2 Å². The Morgan fingerprint density at radius 3 is 2.50 bits per heavy atom. The lowest BCUT2D eigenvalue weighted by Gasteiger charge is -2.18. The average Bonchev–Trinajstić information content (AvgIpc) is 3.03. The number of benzene rings is 1. The standard InChI is InChI=1S/C17H22N2O4S/c1-14-5-7-15(8-6-14)12-18-17(20)9-10-19(24(2,21)22)13-16-4-3-11-23-16/h3-8,11H,9-10,12-13H2,1-2H3,(H,18,20).